The van der Waals surface area contributed by atoms with Crippen LogP contribution in [0.3, 0.4) is 0 Å². The molecule has 1 rings (SSSR count). The van der Waals surface area contributed by atoms with E-state index in [-0.39, 0.29) is 4.90 Å². The number of nitrogens with zero attached hydrogens (tertiary/aromatic N) is 1. The molecular weight excluding hydrogens is 426 g/mol. The number of hydrogen-bond acceptors (Lipinski definition) is 10. The summed E-state index contributed by atoms with van der Waals surface area (Å²) in [4.78, 5) is 58.6. The molecule has 7 N–H and O–H groups in total. The van der Waals surface area contributed by atoms with Crippen LogP contribution in [-0.2, 0) is 28.7 Å². The van der Waals surface area contributed by atoms with E-state index in [0.29, 0.717) is 0 Å². The molecule has 0 bridgehead atoms. The van der Waals surface area contributed by atoms with Gasteiger partial charge in [-0.15, -0.1) is 0 Å². The predicted molar refractivity (Wildman–Crippen MR) is 95.4 cm³/mol. The maximum atomic E-state index is 12.8. The fraction of sp³-hybridized carbons (Fsp3) is 0.706. The molecule has 14 heteroatoms. The molecule has 1 fully saturated rings. The Balaban J connectivity index is 3.13. The molecule has 1 aliphatic heterocycles. The SMILES string of the molecule is O=C(O)CCC(=O)N(C(=O)C[C@H]1O[C@H](CO)[C@@H](O)[C@H](O)[C@@H]1O)C(CCC(=O)O)C(=O)O. The average Bonchev–Trinajstić information content (AvgIpc) is 2.68. The van der Waals surface area contributed by atoms with Crippen LogP contribution in [0.5, 0.6) is 0 Å². The summed E-state index contributed by atoms with van der Waals surface area (Å²) in [5, 5.41) is 65.8. The quantitative estimate of drug-likeness (QED) is 0.163. The summed E-state index contributed by atoms with van der Waals surface area (Å²) in [5.41, 5.74) is 0. The summed E-state index contributed by atoms with van der Waals surface area (Å²) in [7, 11) is 0. The molecule has 2 amide bonds. The molecule has 0 aromatic heterocycles. The van der Waals surface area contributed by atoms with Gasteiger partial charge in [0.15, 0.2) is 0 Å². The van der Waals surface area contributed by atoms with E-state index in [9.17, 15) is 49.5 Å². The van der Waals surface area contributed by atoms with Gasteiger partial charge < -0.3 is 40.5 Å². The highest BCUT2D eigenvalue weighted by Gasteiger charge is 2.45. The Morgan fingerprint density at radius 2 is 1.32 bits per heavy atom. The van der Waals surface area contributed by atoms with Crippen molar-refractivity contribution in [2.24, 2.45) is 0 Å². The summed E-state index contributed by atoms with van der Waals surface area (Å²) in [6, 6.07) is -1.94. The minimum absolute atomic E-state index is 0.204. The molecule has 0 saturated carbocycles. The number of aliphatic hydroxyl groups is 4. The van der Waals surface area contributed by atoms with Gasteiger partial charge in [-0.3, -0.25) is 24.1 Å². The maximum absolute atomic E-state index is 12.8. The first-order chi connectivity index (χ1) is 14.4. The Hall–Kier alpha value is -2.65. The van der Waals surface area contributed by atoms with Crippen molar-refractivity contribution < 1.29 is 64.5 Å². The van der Waals surface area contributed by atoms with Crippen LogP contribution < -0.4 is 0 Å². The van der Waals surface area contributed by atoms with Crippen molar-refractivity contribution in [1.29, 1.82) is 0 Å². The average molecular weight is 451 g/mol. The second-order valence-corrected chi connectivity index (χ2v) is 6.91. The smallest absolute Gasteiger partial charge is 0.326 e. The standard InChI is InChI=1S/C17H25NO13/c19-6-9-15(27)16(28)14(26)8(31-9)5-11(21)18(10(20)2-4-13(24)25)7(17(29)30)1-3-12(22)23/h7-9,14-16,19,26-28H,1-6H2,(H,22,23)(H,24,25)(H,29,30)/t7?,8-,9-,14-,15-,16-/m1/s1. The van der Waals surface area contributed by atoms with Gasteiger partial charge in [-0.1, -0.05) is 0 Å². The van der Waals surface area contributed by atoms with E-state index in [1.165, 1.54) is 0 Å². The molecule has 176 valence electrons. The maximum Gasteiger partial charge on any atom is 0.326 e. The summed E-state index contributed by atoms with van der Waals surface area (Å²) in [6.07, 6.45) is -12.0. The van der Waals surface area contributed by atoms with E-state index >= 15 is 0 Å². The number of ether oxygens (including phenoxy) is 1. The molecule has 31 heavy (non-hydrogen) atoms. The van der Waals surface area contributed by atoms with Crippen molar-refractivity contribution in [1.82, 2.24) is 4.90 Å². The molecule has 0 spiro atoms. The second-order valence-electron chi connectivity index (χ2n) is 6.91. The van der Waals surface area contributed by atoms with Gasteiger partial charge in [0.25, 0.3) is 0 Å². The predicted octanol–water partition coefficient (Wildman–Crippen LogP) is -3.24. The van der Waals surface area contributed by atoms with Crippen LogP contribution in [0.4, 0.5) is 0 Å². The largest absolute Gasteiger partial charge is 0.481 e. The lowest BCUT2D eigenvalue weighted by Crippen LogP contribution is -2.60. The number of carbonyl (C=O) groups is 5. The molecule has 1 unspecified atom stereocenters. The highest BCUT2D eigenvalue weighted by molar-refractivity contribution is 6.00. The highest BCUT2D eigenvalue weighted by Crippen LogP contribution is 2.25. The number of aliphatic carboxylic acids is 3. The van der Waals surface area contributed by atoms with E-state index < -0.39 is 105 Å². The van der Waals surface area contributed by atoms with Crippen LogP contribution in [-0.4, -0.2) is 114 Å². The number of rotatable bonds is 11. The van der Waals surface area contributed by atoms with Gasteiger partial charge in [0, 0.05) is 12.8 Å². The zero-order chi connectivity index (χ0) is 23.9. The third kappa shape index (κ3) is 7.22. The Labute approximate surface area is 175 Å². The van der Waals surface area contributed by atoms with Crippen molar-refractivity contribution in [2.45, 2.75) is 68.7 Å². The molecule has 14 nitrogen and oxygen atoms in total. The van der Waals surface area contributed by atoms with Gasteiger partial charge >= 0.3 is 17.9 Å². The van der Waals surface area contributed by atoms with Crippen LogP contribution in [0.2, 0.25) is 0 Å². The summed E-state index contributed by atoms with van der Waals surface area (Å²) in [6.45, 7) is -0.784. The van der Waals surface area contributed by atoms with Gasteiger partial charge in [0.2, 0.25) is 11.8 Å². The summed E-state index contributed by atoms with van der Waals surface area (Å²) < 4.78 is 5.16. The monoisotopic (exact) mass is 451 g/mol. The number of imide groups is 1. The van der Waals surface area contributed by atoms with E-state index in [1.54, 1.807) is 0 Å². The number of hydrogen-bond donors (Lipinski definition) is 7. The van der Waals surface area contributed by atoms with Gasteiger partial charge in [-0.25, -0.2) is 4.79 Å². The fourth-order valence-electron chi connectivity index (χ4n) is 3.06. The van der Waals surface area contributed by atoms with Gasteiger partial charge in [-0.2, -0.15) is 0 Å². The third-order valence-corrected chi connectivity index (χ3v) is 4.69. The van der Waals surface area contributed by atoms with Crippen molar-refractivity contribution in [3.05, 3.63) is 0 Å². The zero-order valence-corrected chi connectivity index (χ0v) is 16.2. The number of amides is 2. The van der Waals surface area contributed by atoms with Crippen molar-refractivity contribution in [3.63, 3.8) is 0 Å². The number of aliphatic hydroxyl groups excluding tert-OH is 4. The van der Waals surface area contributed by atoms with E-state index in [4.69, 9.17) is 14.9 Å². The molecule has 6 atom stereocenters. The normalized spacial score (nSPS) is 26.6. The highest BCUT2D eigenvalue weighted by atomic mass is 16.5. The molecule has 0 radical (unpaired) electrons. The molecule has 0 aromatic carbocycles. The van der Waals surface area contributed by atoms with Gasteiger partial charge in [-0.05, 0) is 6.42 Å². The number of carbonyl (C=O) groups excluding carboxylic acids is 2. The first-order valence-electron chi connectivity index (χ1n) is 9.22. The van der Waals surface area contributed by atoms with Crippen LogP contribution in [0.15, 0.2) is 0 Å². The Morgan fingerprint density at radius 1 is 0.774 bits per heavy atom. The number of carboxylic acid groups (broad SMARTS) is 3. The van der Waals surface area contributed by atoms with Crippen LogP contribution >= 0.6 is 0 Å². The van der Waals surface area contributed by atoms with Crippen molar-refractivity contribution in [3.8, 4) is 0 Å². The van der Waals surface area contributed by atoms with Gasteiger partial charge in [0.1, 0.15) is 30.5 Å². The van der Waals surface area contributed by atoms with Crippen molar-refractivity contribution >= 4 is 29.7 Å². The zero-order valence-electron chi connectivity index (χ0n) is 16.2. The van der Waals surface area contributed by atoms with Gasteiger partial charge in [0.05, 0.1) is 25.6 Å². The fourth-order valence-corrected chi connectivity index (χ4v) is 3.06. The Kier molecular flexibility index (Phi) is 9.93. The lowest BCUT2D eigenvalue weighted by Gasteiger charge is -2.40. The first-order valence-corrected chi connectivity index (χ1v) is 9.22. The molecule has 0 aliphatic carbocycles. The van der Waals surface area contributed by atoms with Crippen molar-refractivity contribution in [2.75, 3.05) is 6.61 Å². The summed E-state index contributed by atoms with van der Waals surface area (Å²) >= 11 is 0. The number of carboxylic acids is 3. The van der Waals surface area contributed by atoms with E-state index in [2.05, 4.69) is 0 Å². The third-order valence-electron chi connectivity index (χ3n) is 4.69. The van der Waals surface area contributed by atoms with Crippen LogP contribution in [0.25, 0.3) is 0 Å². The minimum atomic E-state index is -1.94. The molecular formula is C17H25NO13. The molecule has 1 saturated heterocycles. The topological polar surface area (TPSA) is 239 Å². The van der Waals surface area contributed by atoms with E-state index in [1.807, 2.05) is 0 Å². The lowest BCUT2D eigenvalue weighted by atomic mass is 9.93. The lowest BCUT2D eigenvalue weighted by molar-refractivity contribution is -0.230. The summed E-state index contributed by atoms with van der Waals surface area (Å²) in [5.74, 6) is -6.95. The molecule has 1 aliphatic rings. The second kappa shape index (κ2) is 11.7. The minimum Gasteiger partial charge on any atom is -0.481 e. The molecule has 1 heterocycles. The Morgan fingerprint density at radius 3 is 1.81 bits per heavy atom. The van der Waals surface area contributed by atoms with Crippen LogP contribution in [0.1, 0.15) is 32.1 Å². The molecule has 0 aromatic rings. The van der Waals surface area contributed by atoms with E-state index in [0.717, 1.165) is 0 Å². The van der Waals surface area contributed by atoms with Crippen LogP contribution in [0, 0.1) is 0 Å². The first kappa shape index (κ1) is 26.4. The Bertz CT molecular complexity index is 694.